The molecule has 0 amide bonds. The van der Waals surface area contributed by atoms with Crippen LogP contribution in [0.2, 0.25) is 0 Å². The molecule has 0 saturated carbocycles. The Labute approximate surface area is 81.7 Å². The Morgan fingerprint density at radius 2 is 2.21 bits per heavy atom. The summed E-state index contributed by atoms with van der Waals surface area (Å²) in [7, 11) is 0. The van der Waals surface area contributed by atoms with E-state index in [4.69, 9.17) is 4.74 Å². The lowest BCUT2D eigenvalue weighted by Gasteiger charge is -2.16. The Bertz CT molecular complexity index is 387. The number of nitro benzene ring substituents is 1. The topological polar surface area (TPSA) is 52.4 Å². The number of nitro groups is 1. The number of hydrogen-bond donors (Lipinski definition) is 0. The number of ether oxygens (including phenoxy) is 1. The van der Waals surface area contributed by atoms with Crippen LogP contribution in [0.25, 0.3) is 0 Å². The third-order valence-electron chi connectivity index (χ3n) is 2.49. The molecular formula is C10H11NO3. The average molecular weight is 193 g/mol. The highest BCUT2D eigenvalue weighted by Gasteiger charge is 2.17. The van der Waals surface area contributed by atoms with E-state index in [0.717, 1.165) is 17.5 Å². The fourth-order valence-electron chi connectivity index (χ4n) is 1.73. The SMILES string of the molecule is Cc1cc2c(cc1[N+](=O)[O-])CCOC2. The molecule has 14 heavy (non-hydrogen) atoms. The summed E-state index contributed by atoms with van der Waals surface area (Å²) in [6, 6.07) is 3.53. The molecule has 2 rings (SSSR count). The molecule has 1 aliphatic heterocycles. The van der Waals surface area contributed by atoms with Crippen molar-refractivity contribution < 1.29 is 9.66 Å². The number of rotatable bonds is 1. The lowest BCUT2D eigenvalue weighted by Crippen LogP contribution is -2.10. The molecule has 4 nitrogen and oxygen atoms in total. The molecule has 0 atom stereocenters. The van der Waals surface area contributed by atoms with Crippen molar-refractivity contribution in [2.75, 3.05) is 6.61 Å². The molecular weight excluding hydrogens is 182 g/mol. The summed E-state index contributed by atoms with van der Waals surface area (Å²) < 4.78 is 5.28. The van der Waals surface area contributed by atoms with E-state index in [-0.39, 0.29) is 10.6 Å². The highest BCUT2D eigenvalue weighted by molar-refractivity contribution is 5.47. The van der Waals surface area contributed by atoms with E-state index in [1.165, 1.54) is 0 Å². The van der Waals surface area contributed by atoms with Crippen LogP contribution >= 0.6 is 0 Å². The van der Waals surface area contributed by atoms with Crippen LogP contribution in [0.5, 0.6) is 0 Å². The Morgan fingerprint density at radius 3 is 2.93 bits per heavy atom. The summed E-state index contributed by atoms with van der Waals surface area (Å²) in [5, 5.41) is 10.7. The van der Waals surface area contributed by atoms with Crippen LogP contribution in [0, 0.1) is 17.0 Å². The molecule has 0 fully saturated rings. The Balaban J connectivity index is 2.50. The van der Waals surface area contributed by atoms with Crippen molar-refractivity contribution in [3.8, 4) is 0 Å². The lowest BCUT2D eigenvalue weighted by atomic mass is 9.99. The van der Waals surface area contributed by atoms with Crippen molar-refractivity contribution in [1.82, 2.24) is 0 Å². The van der Waals surface area contributed by atoms with Crippen molar-refractivity contribution in [2.24, 2.45) is 0 Å². The second kappa shape index (κ2) is 3.38. The van der Waals surface area contributed by atoms with E-state index in [1.54, 1.807) is 13.0 Å². The summed E-state index contributed by atoms with van der Waals surface area (Å²) in [4.78, 5) is 10.4. The van der Waals surface area contributed by atoms with Gasteiger partial charge in [-0.15, -0.1) is 0 Å². The molecule has 1 aromatic rings. The van der Waals surface area contributed by atoms with E-state index < -0.39 is 0 Å². The van der Waals surface area contributed by atoms with Crippen LogP contribution in [0.3, 0.4) is 0 Å². The van der Waals surface area contributed by atoms with Crippen LogP contribution < -0.4 is 0 Å². The third-order valence-corrected chi connectivity index (χ3v) is 2.49. The number of nitrogens with zero attached hydrogens (tertiary/aromatic N) is 1. The van der Waals surface area contributed by atoms with Gasteiger partial charge in [-0.3, -0.25) is 10.1 Å². The summed E-state index contributed by atoms with van der Waals surface area (Å²) in [5.74, 6) is 0. The number of fused-ring (bicyclic) bond motifs is 1. The zero-order valence-corrected chi connectivity index (χ0v) is 7.95. The van der Waals surface area contributed by atoms with Crippen LogP contribution in [0.15, 0.2) is 12.1 Å². The minimum atomic E-state index is -0.328. The van der Waals surface area contributed by atoms with Gasteiger partial charge in [-0.2, -0.15) is 0 Å². The minimum Gasteiger partial charge on any atom is -0.376 e. The Kier molecular flexibility index (Phi) is 2.21. The fraction of sp³-hybridized carbons (Fsp3) is 0.400. The van der Waals surface area contributed by atoms with Crippen LogP contribution in [-0.2, 0) is 17.8 Å². The lowest BCUT2D eigenvalue weighted by molar-refractivity contribution is -0.385. The molecule has 0 aliphatic carbocycles. The zero-order chi connectivity index (χ0) is 10.1. The number of aryl methyl sites for hydroxylation is 1. The molecule has 0 radical (unpaired) electrons. The van der Waals surface area contributed by atoms with Gasteiger partial charge in [0, 0.05) is 11.6 Å². The second-order valence-corrected chi connectivity index (χ2v) is 3.47. The first kappa shape index (κ1) is 9.15. The maximum atomic E-state index is 10.7. The molecule has 0 unspecified atom stereocenters. The zero-order valence-electron chi connectivity index (χ0n) is 7.95. The van der Waals surface area contributed by atoms with Gasteiger partial charge >= 0.3 is 0 Å². The van der Waals surface area contributed by atoms with Crippen LogP contribution in [0.4, 0.5) is 5.69 Å². The molecule has 0 aromatic heterocycles. The smallest absolute Gasteiger partial charge is 0.272 e. The van der Waals surface area contributed by atoms with Crippen LogP contribution in [-0.4, -0.2) is 11.5 Å². The molecule has 1 heterocycles. The van der Waals surface area contributed by atoms with Gasteiger partial charge in [0.2, 0.25) is 0 Å². The van der Waals surface area contributed by atoms with Gasteiger partial charge in [-0.05, 0) is 30.5 Å². The molecule has 0 spiro atoms. The summed E-state index contributed by atoms with van der Waals surface area (Å²) in [6.45, 7) is 2.99. The minimum absolute atomic E-state index is 0.214. The van der Waals surface area contributed by atoms with Gasteiger partial charge in [0.25, 0.3) is 5.69 Å². The van der Waals surface area contributed by atoms with E-state index in [1.807, 2.05) is 6.07 Å². The predicted molar refractivity (Wildman–Crippen MR) is 51.2 cm³/mol. The number of hydrogen-bond acceptors (Lipinski definition) is 3. The first-order valence-corrected chi connectivity index (χ1v) is 4.53. The monoisotopic (exact) mass is 193 g/mol. The molecule has 0 bridgehead atoms. The molecule has 1 aliphatic rings. The van der Waals surface area contributed by atoms with Crippen molar-refractivity contribution in [1.29, 1.82) is 0 Å². The molecule has 74 valence electrons. The predicted octanol–water partition coefficient (Wildman–Crippen LogP) is 1.98. The third kappa shape index (κ3) is 1.48. The first-order chi connectivity index (χ1) is 6.68. The summed E-state index contributed by atoms with van der Waals surface area (Å²) in [5.41, 5.74) is 3.05. The Hall–Kier alpha value is -1.42. The molecule has 0 N–H and O–H groups in total. The maximum Gasteiger partial charge on any atom is 0.272 e. The largest absolute Gasteiger partial charge is 0.376 e. The van der Waals surface area contributed by atoms with Crippen molar-refractivity contribution in [3.63, 3.8) is 0 Å². The van der Waals surface area contributed by atoms with Gasteiger partial charge in [-0.25, -0.2) is 0 Å². The highest BCUT2D eigenvalue weighted by atomic mass is 16.6. The van der Waals surface area contributed by atoms with Crippen LogP contribution in [0.1, 0.15) is 16.7 Å². The van der Waals surface area contributed by atoms with E-state index in [0.29, 0.717) is 18.8 Å². The van der Waals surface area contributed by atoms with Crippen molar-refractivity contribution in [2.45, 2.75) is 20.0 Å². The van der Waals surface area contributed by atoms with E-state index in [2.05, 4.69) is 0 Å². The number of benzene rings is 1. The van der Waals surface area contributed by atoms with Crippen molar-refractivity contribution >= 4 is 5.69 Å². The summed E-state index contributed by atoms with van der Waals surface area (Å²) >= 11 is 0. The second-order valence-electron chi connectivity index (χ2n) is 3.47. The fourth-order valence-corrected chi connectivity index (χ4v) is 1.73. The Morgan fingerprint density at radius 1 is 1.43 bits per heavy atom. The van der Waals surface area contributed by atoms with Gasteiger partial charge in [-0.1, -0.05) is 0 Å². The molecule has 4 heteroatoms. The quantitative estimate of drug-likeness (QED) is 0.506. The van der Waals surface area contributed by atoms with Gasteiger partial charge in [0.05, 0.1) is 18.1 Å². The first-order valence-electron chi connectivity index (χ1n) is 4.53. The summed E-state index contributed by atoms with van der Waals surface area (Å²) in [6.07, 6.45) is 0.774. The van der Waals surface area contributed by atoms with E-state index in [9.17, 15) is 10.1 Å². The van der Waals surface area contributed by atoms with Gasteiger partial charge in [0.1, 0.15) is 0 Å². The maximum absolute atomic E-state index is 10.7. The molecule has 0 saturated heterocycles. The van der Waals surface area contributed by atoms with Gasteiger partial charge in [0.15, 0.2) is 0 Å². The normalized spacial score (nSPS) is 14.9. The standard InChI is InChI=1S/C10H11NO3/c1-7-4-9-6-14-3-2-8(9)5-10(7)11(12)13/h4-5H,2-3,6H2,1H3. The highest BCUT2D eigenvalue weighted by Crippen LogP contribution is 2.26. The van der Waals surface area contributed by atoms with E-state index >= 15 is 0 Å². The molecule has 1 aromatic carbocycles. The van der Waals surface area contributed by atoms with Gasteiger partial charge < -0.3 is 4.74 Å². The average Bonchev–Trinajstić information content (AvgIpc) is 2.16. The van der Waals surface area contributed by atoms with Crippen molar-refractivity contribution in [3.05, 3.63) is 38.9 Å².